The van der Waals surface area contributed by atoms with E-state index >= 15 is 0 Å². The molecule has 23 heteroatoms. The van der Waals surface area contributed by atoms with Gasteiger partial charge in [0.25, 0.3) is 0 Å². The van der Waals surface area contributed by atoms with Crippen molar-refractivity contribution in [3.05, 3.63) is 71.9 Å². The van der Waals surface area contributed by atoms with Crippen LogP contribution in [0.1, 0.15) is 51.2 Å². The van der Waals surface area contributed by atoms with Crippen LogP contribution in [0.15, 0.2) is 60.8 Å². The van der Waals surface area contributed by atoms with E-state index in [4.69, 9.17) is 4.74 Å². The number of aromatic nitrogens is 1. The van der Waals surface area contributed by atoms with Crippen molar-refractivity contribution in [3.63, 3.8) is 0 Å². The molecule has 3 aliphatic rings. The molecule has 3 saturated heterocycles. The SMILES string of the molecule is CC(=O)N[C@@H]1[C@@H](O)[C@H](O)[C@@H](CO)O[C@H]1NC(=O)C[C@@H]1NC(=O)[C@H](CC(C)C)NC(=O)[C@@H]2CNC(=O)C[C@H](NC1=O)C(=O)N[C@@H](Cc1c[nH]c3ccccc13)C(=O)NC(Cc1ccccc1)C(=O)N2. The fourth-order valence-corrected chi connectivity index (χ4v) is 8.27. The molecule has 11 atom stereocenters. The number of aliphatic hydroxyl groups excluding tert-OH is 3. The zero-order valence-electron chi connectivity index (χ0n) is 37.6. The van der Waals surface area contributed by atoms with Crippen LogP contribution in [-0.2, 0) is 60.7 Å². The Morgan fingerprint density at radius 1 is 0.706 bits per heavy atom. The smallest absolute Gasteiger partial charge is 0.245 e. The summed E-state index contributed by atoms with van der Waals surface area (Å²) in [6, 6.07) is 5.03. The highest BCUT2D eigenvalue weighted by Crippen LogP contribution is 2.22. The van der Waals surface area contributed by atoms with Crippen molar-refractivity contribution in [2.24, 2.45) is 5.92 Å². The van der Waals surface area contributed by atoms with Crippen LogP contribution in [0.4, 0.5) is 0 Å². The number of hydrogen-bond donors (Lipinski definition) is 13. The molecule has 3 aromatic rings. The number of benzene rings is 2. The van der Waals surface area contributed by atoms with E-state index in [0.29, 0.717) is 16.5 Å². The first kappa shape index (κ1) is 50.5. The number of amides is 9. The van der Waals surface area contributed by atoms with Gasteiger partial charge in [-0.1, -0.05) is 62.4 Å². The van der Waals surface area contributed by atoms with Crippen LogP contribution in [-0.4, -0.2) is 153 Å². The molecule has 9 amide bonds. The Hall–Kier alpha value is -6.95. The standard InChI is InChI=1S/C45H58N10O13/c1-21(2)13-27-39(62)53-31(17-35(59)55-45-36(48-22(3)57)38(61)37(60)33(20-56)68-45)43(66)52-30-16-34(58)47-19-32(44(67)49-27)54-40(63)28(14-23-9-5-4-6-10-23)50-41(64)29(51-42(30)65)15-24-18-46-26-12-8-7-11-25(24)26/h4-12,18,21,27-33,36-38,45-46,56,60-61H,13-17,19-20H2,1-3H3,(H,47,58)(H,48,57)(H,49,67)(H,50,64)(H,51,65)(H,52,66)(H,53,62)(H,54,63)(H,55,59)/t27-,28?,29-,30-,31-,32-,33+,36+,37+,38+,45+/m0/s1. The van der Waals surface area contributed by atoms with Crippen LogP contribution in [0, 0.1) is 5.92 Å². The van der Waals surface area contributed by atoms with Crippen LogP contribution in [0.5, 0.6) is 0 Å². The molecule has 13 N–H and O–H groups in total. The number of carbonyl (C=O) groups is 9. The van der Waals surface area contributed by atoms with Gasteiger partial charge in [0.05, 0.1) is 19.4 Å². The quantitative estimate of drug-likeness (QED) is 0.0871. The number of aromatic amines is 1. The molecular formula is C45H58N10O13. The minimum absolute atomic E-state index is 0.0300. The van der Waals surface area contributed by atoms with Gasteiger partial charge in [0.1, 0.15) is 60.6 Å². The molecule has 0 spiro atoms. The Morgan fingerprint density at radius 2 is 1.29 bits per heavy atom. The zero-order valence-corrected chi connectivity index (χ0v) is 37.6. The van der Waals surface area contributed by atoms with Crippen LogP contribution in [0.25, 0.3) is 10.9 Å². The van der Waals surface area contributed by atoms with Gasteiger partial charge in [-0.2, -0.15) is 0 Å². The number of rotatable bonds is 11. The summed E-state index contributed by atoms with van der Waals surface area (Å²) in [5.74, 6) is -8.61. The second-order valence-electron chi connectivity index (χ2n) is 17.5. The highest BCUT2D eigenvalue weighted by atomic mass is 16.5. The van der Waals surface area contributed by atoms with Gasteiger partial charge in [0.2, 0.25) is 53.2 Å². The number of ether oxygens (including phenoxy) is 1. The molecule has 0 radical (unpaired) electrons. The van der Waals surface area contributed by atoms with Crippen molar-refractivity contribution in [2.45, 2.75) is 120 Å². The third-order valence-corrected chi connectivity index (χ3v) is 11.8. The predicted octanol–water partition coefficient (Wildman–Crippen LogP) is -4.11. The van der Waals surface area contributed by atoms with E-state index in [-0.39, 0.29) is 25.2 Å². The first-order valence-electron chi connectivity index (χ1n) is 22.3. The van der Waals surface area contributed by atoms with E-state index in [2.05, 4.69) is 52.8 Å². The molecule has 2 aromatic carbocycles. The van der Waals surface area contributed by atoms with Crippen LogP contribution >= 0.6 is 0 Å². The van der Waals surface area contributed by atoms with Crippen molar-refractivity contribution >= 4 is 64.1 Å². The van der Waals surface area contributed by atoms with E-state index in [0.717, 1.165) is 12.4 Å². The molecule has 23 nitrogen and oxygen atoms in total. The fraction of sp³-hybridized carbons (Fsp3) is 0.489. The minimum atomic E-state index is -1.86. The normalized spacial score (nSPS) is 28.8. The van der Waals surface area contributed by atoms with Crippen LogP contribution in [0.3, 0.4) is 0 Å². The van der Waals surface area contributed by atoms with Gasteiger partial charge < -0.3 is 72.9 Å². The molecule has 2 bridgehead atoms. The molecule has 3 aliphatic heterocycles. The lowest BCUT2D eigenvalue weighted by Gasteiger charge is -2.42. The molecular weight excluding hydrogens is 889 g/mol. The van der Waals surface area contributed by atoms with Crippen molar-refractivity contribution in [2.75, 3.05) is 13.2 Å². The summed E-state index contributed by atoms with van der Waals surface area (Å²) in [6.07, 6.45) is -6.75. The number of H-pyrrole nitrogens is 1. The summed E-state index contributed by atoms with van der Waals surface area (Å²) in [7, 11) is 0. The maximum atomic E-state index is 14.5. The van der Waals surface area contributed by atoms with Gasteiger partial charge in [-0.3, -0.25) is 43.2 Å². The number of carbonyl (C=O) groups excluding carboxylic acids is 9. The monoisotopic (exact) mass is 946 g/mol. The summed E-state index contributed by atoms with van der Waals surface area (Å²) in [5.41, 5.74) is 1.94. The fourth-order valence-electron chi connectivity index (χ4n) is 8.27. The van der Waals surface area contributed by atoms with Crippen LogP contribution in [0.2, 0.25) is 0 Å². The average Bonchev–Trinajstić information content (AvgIpc) is 3.70. The number of hydrogen-bond acceptors (Lipinski definition) is 13. The second kappa shape index (κ2) is 22.7. The molecule has 3 fully saturated rings. The largest absolute Gasteiger partial charge is 0.394 e. The summed E-state index contributed by atoms with van der Waals surface area (Å²) >= 11 is 0. The first-order valence-corrected chi connectivity index (χ1v) is 22.3. The topological polar surface area (TPSA) is 348 Å². The molecule has 0 aliphatic carbocycles. The van der Waals surface area contributed by atoms with Crippen molar-refractivity contribution in [1.82, 2.24) is 52.8 Å². The number of fused-ring (bicyclic) bond motifs is 6. The molecule has 0 saturated carbocycles. The van der Waals surface area contributed by atoms with Gasteiger partial charge >= 0.3 is 0 Å². The van der Waals surface area contributed by atoms with Crippen molar-refractivity contribution in [3.8, 4) is 0 Å². The van der Waals surface area contributed by atoms with E-state index < -0.39 is 146 Å². The average molecular weight is 947 g/mol. The third kappa shape index (κ3) is 12.9. The molecule has 6 rings (SSSR count). The van der Waals surface area contributed by atoms with Gasteiger partial charge in [0.15, 0.2) is 6.23 Å². The molecule has 366 valence electrons. The maximum absolute atomic E-state index is 14.5. The highest BCUT2D eigenvalue weighted by Gasteiger charge is 2.46. The lowest BCUT2D eigenvalue weighted by Crippen LogP contribution is -2.68. The van der Waals surface area contributed by atoms with E-state index in [1.54, 1.807) is 74.6 Å². The van der Waals surface area contributed by atoms with E-state index in [1.165, 1.54) is 0 Å². The Bertz CT molecular complexity index is 2360. The number of aliphatic hydroxyl groups is 3. The summed E-state index contributed by atoms with van der Waals surface area (Å²) in [6.45, 7) is 3.24. The van der Waals surface area contributed by atoms with E-state index in [9.17, 15) is 58.5 Å². The molecule has 68 heavy (non-hydrogen) atoms. The minimum Gasteiger partial charge on any atom is -0.394 e. The Morgan fingerprint density at radius 3 is 2.00 bits per heavy atom. The number of para-hydroxylation sites is 1. The molecule has 1 aromatic heterocycles. The summed E-state index contributed by atoms with van der Waals surface area (Å²) < 4.78 is 5.60. The lowest BCUT2D eigenvalue weighted by atomic mass is 9.95. The first-order chi connectivity index (χ1) is 32.4. The third-order valence-electron chi connectivity index (χ3n) is 11.8. The Balaban J connectivity index is 1.38. The highest BCUT2D eigenvalue weighted by molar-refractivity contribution is 6.01. The van der Waals surface area contributed by atoms with Gasteiger partial charge in [0, 0.05) is 43.4 Å². The van der Waals surface area contributed by atoms with Crippen molar-refractivity contribution in [1.29, 1.82) is 0 Å². The van der Waals surface area contributed by atoms with Crippen LogP contribution < -0.4 is 47.9 Å². The van der Waals surface area contributed by atoms with Gasteiger partial charge in [-0.15, -0.1) is 0 Å². The Kier molecular flexibility index (Phi) is 16.8. The summed E-state index contributed by atoms with van der Waals surface area (Å²) in [5, 5.41) is 54.6. The Labute approximate surface area is 390 Å². The second-order valence-corrected chi connectivity index (χ2v) is 17.5. The van der Waals surface area contributed by atoms with Crippen molar-refractivity contribution < 1.29 is 63.2 Å². The predicted molar refractivity (Wildman–Crippen MR) is 239 cm³/mol. The number of nitrogens with one attached hydrogen (secondary N) is 10. The van der Waals surface area contributed by atoms with Gasteiger partial charge in [-0.05, 0) is 29.5 Å². The zero-order chi connectivity index (χ0) is 49.2. The van der Waals surface area contributed by atoms with Gasteiger partial charge in [-0.25, -0.2) is 0 Å². The molecule has 1 unspecified atom stereocenters. The maximum Gasteiger partial charge on any atom is 0.245 e. The summed E-state index contributed by atoms with van der Waals surface area (Å²) in [4.78, 5) is 129. The van der Waals surface area contributed by atoms with E-state index in [1.807, 2.05) is 0 Å². The lowest BCUT2D eigenvalue weighted by molar-refractivity contribution is -0.203. The molecule has 4 heterocycles.